The van der Waals surface area contributed by atoms with Gasteiger partial charge in [0.1, 0.15) is 0 Å². The molecular formula is C15H13Cl2NO2. The quantitative estimate of drug-likeness (QED) is 0.867. The Bertz CT molecular complexity index is 656. The van der Waals surface area contributed by atoms with E-state index in [1.54, 1.807) is 31.2 Å². The minimum Gasteiger partial charge on any atom is -0.478 e. The zero-order valence-electron chi connectivity index (χ0n) is 10.8. The highest BCUT2D eigenvalue weighted by Gasteiger charge is 2.10. The highest BCUT2D eigenvalue weighted by Crippen LogP contribution is 2.24. The first-order chi connectivity index (χ1) is 9.49. The number of benzene rings is 2. The summed E-state index contributed by atoms with van der Waals surface area (Å²) in [5, 5.41) is 13.4. The van der Waals surface area contributed by atoms with Crippen molar-refractivity contribution in [1.82, 2.24) is 0 Å². The van der Waals surface area contributed by atoms with Crippen molar-refractivity contribution in [2.24, 2.45) is 0 Å². The summed E-state index contributed by atoms with van der Waals surface area (Å²) in [4.78, 5) is 11.1. The standard InChI is InChI=1S/C15H13Cl2NO2/c1-9-12(15(19)20)3-2-4-14(9)18-8-10-5-6-11(16)7-13(10)17/h2-7,18H,8H2,1H3,(H,19,20). The molecular weight excluding hydrogens is 297 g/mol. The van der Waals surface area contributed by atoms with Crippen molar-refractivity contribution in [2.45, 2.75) is 13.5 Å². The molecule has 0 aromatic heterocycles. The fourth-order valence-corrected chi connectivity index (χ4v) is 2.39. The molecule has 0 amide bonds. The molecule has 0 saturated carbocycles. The maximum absolute atomic E-state index is 11.1. The molecule has 5 heteroatoms. The second-order valence-corrected chi connectivity index (χ2v) is 5.22. The van der Waals surface area contributed by atoms with E-state index in [0.29, 0.717) is 22.2 Å². The van der Waals surface area contributed by atoms with Crippen LogP contribution in [0, 0.1) is 6.92 Å². The Hall–Kier alpha value is -1.71. The Morgan fingerprint density at radius 3 is 2.65 bits per heavy atom. The first-order valence-corrected chi connectivity index (χ1v) is 6.75. The summed E-state index contributed by atoms with van der Waals surface area (Å²) >= 11 is 11.9. The largest absolute Gasteiger partial charge is 0.478 e. The predicted molar refractivity (Wildman–Crippen MR) is 81.9 cm³/mol. The number of rotatable bonds is 4. The summed E-state index contributed by atoms with van der Waals surface area (Å²) in [7, 11) is 0. The van der Waals surface area contributed by atoms with Gasteiger partial charge in [0, 0.05) is 22.3 Å². The molecule has 0 spiro atoms. The van der Waals surface area contributed by atoms with Gasteiger partial charge in [-0.15, -0.1) is 0 Å². The molecule has 0 aliphatic carbocycles. The van der Waals surface area contributed by atoms with Gasteiger partial charge in [-0.2, -0.15) is 0 Å². The monoisotopic (exact) mass is 309 g/mol. The first kappa shape index (κ1) is 14.7. The molecule has 2 N–H and O–H groups in total. The lowest BCUT2D eigenvalue weighted by Gasteiger charge is -2.12. The fourth-order valence-electron chi connectivity index (χ4n) is 1.91. The van der Waals surface area contributed by atoms with E-state index < -0.39 is 5.97 Å². The molecule has 0 unspecified atom stereocenters. The minimum atomic E-state index is -0.935. The number of hydrogen-bond donors (Lipinski definition) is 2. The van der Waals surface area contributed by atoms with Gasteiger partial charge < -0.3 is 10.4 Å². The summed E-state index contributed by atoms with van der Waals surface area (Å²) in [6.07, 6.45) is 0. The smallest absolute Gasteiger partial charge is 0.336 e. The molecule has 2 aromatic carbocycles. The molecule has 0 fully saturated rings. The molecule has 0 aliphatic heterocycles. The number of halogens is 2. The summed E-state index contributed by atoms with van der Waals surface area (Å²) in [6, 6.07) is 10.4. The first-order valence-electron chi connectivity index (χ1n) is 5.99. The van der Waals surface area contributed by atoms with Gasteiger partial charge in [-0.3, -0.25) is 0 Å². The average molecular weight is 310 g/mol. The van der Waals surface area contributed by atoms with Crippen molar-refractivity contribution in [2.75, 3.05) is 5.32 Å². The van der Waals surface area contributed by atoms with Crippen molar-refractivity contribution in [3.05, 3.63) is 63.1 Å². The van der Waals surface area contributed by atoms with Gasteiger partial charge in [-0.25, -0.2) is 4.79 Å². The summed E-state index contributed by atoms with van der Waals surface area (Å²) in [5.74, 6) is -0.935. The average Bonchev–Trinajstić information content (AvgIpc) is 2.39. The van der Waals surface area contributed by atoms with E-state index in [-0.39, 0.29) is 5.56 Å². The van der Waals surface area contributed by atoms with E-state index in [0.717, 1.165) is 11.3 Å². The van der Waals surface area contributed by atoms with Crippen LogP contribution in [0.1, 0.15) is 21.5 Å². The van der Waals surface area contributed by atoms with Crippen LogP contribution in [-0.4, -0.2) is 11.1 Å². The van der Waals surface area contributed by atoms with E-state index >= 15 is 0 Å². The van der Waals surface area contributed by atoms with Crippen LogP contribution < -0.4 is 5.32 Å². The number of carboxylic acids is 1. The van der Waals surface area contributed by atoms with Crippen molar-refractivity contribution in [3.63, 3.8) is 0 Å². The van der Waals surface area contributed by atoms with Gasteiger partial charge >= 0.3 is 5.97 Å². The van der Waals surface area contributed by atoms with Gasteiger partial charge in [0.2, 0.25) is 0 Å². The molecule has 104 valence electrons. The highest BCUT2D eigenvalue weighted by atomic mass is 35.5. The van der Waals surface area contributed by atoms with E-state index in [9.17, 15) is 4.79 Å². The molecule has 0 bridgehead atoms. The molecule has 3 nitrogen and oxygen atoms in total. The van der Waals surface area contributed by atoms with E-state index in [1.165, 1.54) is 0 Å². The summed E-state index contributed by atoms with van der Waals surface area (Å²) in [6.45, 7) is 2.27. The normalized spacial score (nSPS) is 10.3. The van der Waals surface area contributed by atoms with Gasteiger partial charge in [-0.1, -0.05) is 35.3 Å². The number of carbonyl (C=O) groups is 1. The van der Waals surface area contributed by atoms with E-state index in [4.69, 9.17) is 28.3 Å². The van der Waals surface area contributed by atoms with Crippen LogP contribution in [-0.2, 0) is 6.54 Å². The Morgan fingerprint density at radius 1 is 1.25 bits per heavy atom. The van der Waals surface area contributed by atoms with Crippen LogP contribution in [0.5, 0.6) is 0 Å². The zero-order valence-corrected chi connectivity index (χ0v) is 12.3. The van der Waals surface area contributed by atoms with Crippen LogP contribution in [0.3, 0.4) is 0 Å². The fraction of sp³-hybridized carbons (Fsp3) is 0.133. The lowest BCUT2D eigenvalue weighted by Crippen LogP contribution is -2.06. The highest BCUT2D eigenvalue weighted by molar-refractivity contribution is 6.35. The second kappa shape index (κ2) is 6.16. The number of nitrogens with one attached hydrogen (secondary N) is 1. The predicted octanol–water partition coefficient (Wildman–Crippen LogP) is 4.61. The maximum atomic E-state index is 11.1. The van der Waals surface area contributed by atoms with Crippen LogP contribution in [0.2, 0.25) is 10.0 Å². The Balaban J connectivity index is 2.19. The van der Waals surface area contributed by atoms with Crippen LogP contribution >= 0.6 is 23.2 Å². The van der Waals surface area contributed by atoms with Gasteiger partial charge in [-0.05, 0) is 42.3 Å². The number of anilines is 1. The third-order valence-electron chi connectivity index (χ3n) is 3.05. The topological polar surface area (TPSA) is 49.3 Å². The van der Waals surface area contributed by atoms with Gasteiger partial charge in [0.15, 0.2) is 0 Å². The van der Waals surface area contributed by atoms with E-state index in [1.807, 2.05) is 12.1 Å². The molecule has 20 heavy (non-hydrogen) atoms. The summed E-state index contributed by atoms with van der Waals surface area (Å²) in [5.41, 5.74) is 2.66. The minimum absolute atomic E-state index is 0.289. The van der Waals surface area contributed by atoms with Crippen molar-refractivity contribution >= 4 is 34.9 Å². The maximum Gasteiger partial charge on any atom is 0.336 e. The zero-order chi connectivity index (χ0) is 14.7. The summed E-state index contributed by atoms with van der Waals surface area (Å²) < 4.78 is 0. The van der Waals surface area contributed by atoms with Crippen LogP contribution in [0.15, 0.2) is 36.4 Å². The Morgan fingerprint density at radius 2 is 2.00 bits per heavy atom. The Labute approximate surface area is 127 Å². The van der Waals surface area contributed by atoms with Gasteiger partial charge in [0.25, 0.3) is 0 Å². The molecule has 0 radical (unpaired) electrons. The molecule has 2 aromatic rings. The number of hydrogen-bond acceptors (Lipinski definition) is 2. The number of aromatic carboxylic acids is 1. The number of carboxylic acid groups (broad SMARTS) is 1. The van der Waals surface area contributed by atoms with Crippen molar-refractivity contribution in [3.8, 4) is 0 Å². The Kier molecular flexibility index (Phi) is 4.53. The van der Waals surface area contributed by atoms with E-state index in [2.05, 4.69) is 5.32 Å². The third kappa shape index (κ3) is 3.24. The van der Waals surface area contributed by atoms with Crippen molar-refractivity contribution < 1.29 is 9.90 Å². The van der Waals surface area contributed by atoms with Crippen LogP contribution in [0.25, 0.3) is 0 Å². The molecule has 0 atom stereocenters. The lowest BCUT2D eigenvalue weighted by atomic mass is 10.1. The van der Waals surface area contributed by atoms with Crippen molar-refractivity contribution in [1.29, 1.82) is 0 Å². The van der Waals surface area contributed by atoms with Crippen LogP contribution in [0.4, 0.5) is 5.69 Å². The van der Waals surface area contributed by atoms with Gasteiger partial charge in [0.05, 0.1) is 5.56 Å². The molecule has 0 saturated heterocycles. The molecule has 0 aliphatic rings. The second-order valence-electron chi connectivity index (χ2n) is 4.37. The lowest BCUT2D eigenvalue weighted by molar-refractivity contribution is 0.0696. The SMILES string of the molecule is Cc1c(NCc2ccc(Cl)cc2Cl)cccc1C(=O)O. The third-order valence-corrected chi connectivity index (χ3v) is 3.64. The molecule has 2 rings (SSSR count). The molecule has 0 heterocycles.